The van der Waals surface area contributed by atoms with E-state index in [1.807, 2.05) is 6.07 Å². The molecular formula is C18H25IN4O. The van der Waals surface area contributed by atoms with E-state index >= 15 is 0 Å². The molecule has 1 saturated carbocycles. The van der Waals surface area contributed by atoms with Gasteiger partial charge in [0.2, 0.25) is 0 Å². The van der Waals surface area contributed by atoms with E-state index in [-0.39, 0.29) is 29.4 Å². The maximum Gasteiger partial charge on any atom is 0.191 e. The van der Waals surface area contributed by atoms with Gasteiger partial charge in [-0.3, -0.25) is 4.99 Å². The molecule has 0 unspecified atom stereocenters. The molecular weight excluding hydrogens is 415 g/mol. The Hall–Kier alpha value is -1.57. The summed E-state index contributed by atoms with van der Waals surface area (Å²) in [5.74, 6) is 1.62. The second-order valence-electron chi connectivity index (χ2n) is 6.06. The smallest absolute Gasteiger partial charge is 0.191 e. The van der Waals surface area contributed by atoms with Crippen molar-refractivity contribution in [1.29, 1.82) is 0 Å². The molecule has 1 aliphatic rings. The normalized spacial score (nSPS) is 15.5. The van der Waals surface area contributed by atoms with Crippen LogP contribution in [0.4, 0.5) is 0 Å². The maximum atomic E-state index is 5.28. The van der Waals surface area contributed by atoms with Gasteiger partial charge in [0.15, 0.2) is 11.7 Å². The van der Waals surface area contributed by atoms with E-state index in [9.17, 15) is 0 Å². The van der Waals surface area contributed by atoms with Crippen LogP contribution in [-0.4, -0.2) is 24.7 Å². The summed E-state index contributed by atoms with van der Waals surface area (Å²) in [4.78, 5) is 4.29. The lowest BCUT2D eigenvalue weighted by Gasteiger charge is -2.18. The van der Waals surface area contributed by atoms with Crippen LogP contribution in [0.1, 0.15) is 36.8 Å². The van der Waals surface area contributed by atoms with Gasteiger partial charge in [0, 0.05) is 25.1 Å². The Labute approximate surface area is 160 Å². The third-order valence-corrected chi connectivity index (χ3v) is 4.46. The van der Waals surface area contributed by atoms with Crippen molar-refractivity contribution in [3.05, 3.63) is 53.4 Å². The first-order chi connectivity index (χ1) is 11.3. The molecule has 0 atom stereocenters. The Morgan fingerprint density at radius 3 is 2.58 bits per heavy atom. The van der Waals surface area contributed by atoms with Gasteiger partial charge in [0.1, 0.15) is 0 Å². The highest BCUT2D eigenvalue weighted by Crippen LogP contribution is 2.47. The van der Waals surface area contributed by atoms with Gasteiger partial charge < -0.3 is 15.2 Å². The molecule has 1 fully saturated rings. The SMILES string of the molecule is CCc1cc(CNC(=NC)NCC2(c3ccccc3)CC2)on1.I. The van der Waals surface area contributed by atoms with Crippen molar-refractivity contribution in [1.82, 2.24) is 15.8 Å². The van der Waals surface area contributed by atoms with Crippen molar-refractivity contribution >= 4 is 29.9 Å². The van der Waals surface area contributed by atoms with Crippen LogP contribution in [0.15, 0.2) is 45.9 Å². The zero-order chi connectivity index (χ0) is 16.1. The maximum absolute atomic E-state index is 5.28. The van der Waals surface area contributed by atoms with Crippen molar-refractivity contribution < 1.29 is 4.52 Å². The van der Waals surface area contributed by atoms with Crippen LogP contribution < -0.4 is 10.6 Å². The molecule has 2 N–H and O–H groups in total. The van der Waals surface area contributed by atoms with Gasteiger partial charge in [0.25, 0.3) is 0 Å². The average molecular weight is 440 g/mol. The summed E-state index contributed by atoms with van der Waals surface area (Å²) in [5, 5.41) is 10.7. The standard InChI is InChI=1S/C18H24N4O.HI/c1-3-15-11-16(23-22-15)12-20-17(19-2)21-13-18(9-10-18)14-7-5-4-6-8-14;/h4-8,11H,3,9-10,12-13H2,1-2H3,(H2,19,20,21);1H. The lowest BCUT2D eigenvalue weighted by Crippen LogP contribution is -2.40. The minimum Gasteiger partial charge on any atom is -0.359 e. The molecule has 130 valence electrons. The number of nitrogens with one attached hydrogen (secondary N) is 2. The molecule has 6 heteroatoms. The Morgan fingerprint density at radius 1 is 1.25 bits per heavy atom. The van der Waals surface area contributed by atoms with Crippen LogP contribution in [0.25, 0.3) is 0 Å². The van der Waals surface area contributed by atoms with Crippen LogP contribution in [0.3, 0.4) is 0 Å². The quantitative estimate of drug-likeness (QED) is 0.411. The highest BCUT2D eigenvalue weighted by molar-refractivity contribution is 14.0. The zero-order valence-corrected chi connectivity index (χ0v) is 16.5. The summed E-state index contributed by atoms with van der Waals surface area (Å²) in [7, 11) is 1.79. The fourth-order valence-corrected chi connectivity index (χ4v) is 2.76. The second kappa shape index (κ2) is 8.50. The van der Waals surface area contributed by atoms with Crippen molar-refractivity contribution in [2.75, 3.05) is 13.6 Å². The molecule has 3 rings (SSSR count). The molecule has 0 radical (unpaired) electrons. The topological polar surface area (TPSA) is 62.5 Å². The van der Waals surface area contributed by atoms with Crippen molar-refractivity contribution in [2.24, 2.45) is 4.99 Å². The van der Waals surface area contributed by atoms with E-state index < -0.39 is 0 Å². The molecule has 0 amide bonds. The summed E-state index contributed by atoms with van der Waals surface area (Å²) in [6.07, 6.45) is 3.34. The molecule has 5 nitrogen and oxygen atoms in total. The van der Waals surface area contributed by atoms with Crippen LogP contribution in [0.2, 0.25) is 0 Å². The number of guanidine groups is 1. The largest absolute Gasteiger partial charge is 0.359 e. The predicted molar refractivity (Wildman–Crippen MR) is 107 cm³/mol. The highest BCUT2D eigenvalue weighted by atomic mass is 127. The van der Waals surface area contributed by atoms with Crippen LogP contribution >= 0.6 is 24.0 Å². The number of hydrogen-bond acceptors (Lipinski definition) is 3. The first kappa shape index (κ1) is 18.8. The molecule has 0 saturated heterocycles. The van der Waals surface area contributed by atoms with E-state index in [2.05, 4.69) is 58.0 Å². The Bertz CT molecular complexity index is 665. The predicted octanol–water partition coefficient (Wildman–Crippen LogP) is 3.25. The minimum absolute atomic E-state index is 0. The number of aryl methyl sites for hydroxylation is 1. The van der Waals surface area contributed by atoms with Gasteiger partial charge in [-0.2, -0.15) is 0 Å². The first-order valence-electron chi connectivity index (χ1n) is 8.20. The van der Waals surface area contributed by atoms with Crippen LogP contribution in [0, 0.1) is 0 Å². The lowest BCUT2D eigenvalue weighted by molar-refractivity contribution is 0.374. The second-order valence-corrected chi connectivity index (χ2v) is 6.06. The lowest BCUT2D eigenvalue weighted by atomic mass is 9.96. The monoisotopic (exact) mass is 440 g/mol. The molecule has 1 aromatic carbocycles. The molecule has 1 aromatic heterocycles. The fourth-order valence-electron chi connectivity index (χ4n) is 2.76. The molecule has 0 spiro atoms. The highest BCUT2D eigenvalue weighted by Gasteiger charge is 2.43. The summed E-state index contributed by atoms with van der Waals surface area (Å²) in [5.41, 5.74) is 2.65. The molecule has 2 aromatic rings. The summed E-state index contributed by atoms with van der Waals surface area (Å²) in [6.45, 7) is 3.55. The number of halogens is 1. The van der Waals surface area contributed by atoms with E-state index in [1.165, 1.54) is 18.4 Å². The van der Waals surface area contributed by atoms with E-state index in [4.69, 9.17) is 4.52 Å². The molecule has 1 aliphatic carbocycles. The number of rotatable bonds is 6. The Kier molecular flexibility index (Phi) is 6.65. The molecule has 0 aliphatic heterocycles. The van der Waals surface area contributed by atoms with Gasteiger partial charge in [-0.15, -0.1) is 24.0 Å². The van der Waals surface area contributed by atoms with E-state index in [1.54, 1.807) is 7.05 Å². The fraction of sp³-hybridized carbons (Fsp3) is 0.444. The van der Waals surface area contributed by atoms with E-state index in [0.29, 0.717) is 6.54 Å². The molecule has 1 heterocycles. The third-order valence-electron chi connectivity index (χ3n) is 4.46. The third kappa shape index (κ3) is 4.49. The van der Waals surface area contributed by atoms with Crippen molar-refractivity contribution in [2.45, 2.75) is 38.1 Å². The number of aromatic nitrogens is 1. The van der Waals surface area contributed by atoms with Crippen molar-refractivity contribution in [3.8, 4) is 0 Å². The molecule has 24 heavy (non-hydrogen) atoms. The number of benzene rings is 1. The summed E-state index contributed by atoms with van der Waals surface area (Å²) >= 11 is 0. The van der Waals surface area contributed by atoms with Crippen molar-refractivity contribution in [3.63, 3.8) is 0 Å². The van der Waals surface area contributed by atoms with Gasteiger partial charge in [0.05, 0.1) is 12.2 Å². The number of hydrogen-bond donors (Lipinski definition) is 2. The number of aliphatic imine (C=N–C) groups is 1. The summed E-state index contributed by atoms with van der Waals surface area (Å²) in [6, 6.07) is 12.7. The Morgan fingerprint density at radius 2 is 2.00 bits per heavy atom. The van der Waals surface area contributed by atoms with E-state index in [0.717, 1.165) is 30.4 Å². The van der Waals surface area contributed by atoms with Gasteiger partial charge >= 0.3 is 0 Å². The van der Waals surface area contributed by atoms with Gasteiger partial charge in [-0.25, -0.2) is 0 Å². The van der Waals surface area contributed by atoms with Crippen LogP contribution in [-0.2, 0) is 18.4 Å². The minimum atomic E-state index is 0. The Balaban J connectivity index is 0.00000208. The zero-order valence-electron chi connectivity index (χ0n) is 14.2. The van der Waals surface area contributed by atoms with Crippen LogP contribution in [0.5, 0.6) is 0 Å². The molecule has 0 bridgehead atoms. The van der Waals surface area contributed by atoms with Gasteiger partial charge in [-0.05, 0) is 24.8 Å². The number of nitrogens with zero attached hydrogens (tertiary/aromatic N) is 2. The first-order valence-corrected chi connectivity index (χ1v) is 8.20. The average Bonchev–Trinajstić information content (AvgIpc) is 3.26. The summed E-state index contributed by atoms with van der Waals surface area (Å²) < 4.78 is 5.28. The van der Waals surface area contributed by atoms with Gasteiger partial charge in [-0.1, -0.05) is 42.4 Å².